The van der Waals surface area contributed by atoms with Crippen LogP contribution in [0.15, 0.2) is 0 Å². The number of likely N-dealkylation sites (N-methyl/N-ethyl adjacent to an activating group) is 1. The minimum absolute atomic E-state index is 0.120. The Morgan fingerprint density at radius 2 is 2.00 bits per heavy atom. The van der Waals surface area contributed by atoms with E-state index in [-0.39, 0.29) is 6.10 Å². The fourth-order valence-corrected chi connectivity index (χ4v) is 1.47. The molecule has 0 rings (SSSR count). The average Bonchev–Trinajstić information content (AvgIpc) is 2.20. The number of nitrogens with two attached hydrogens (primary N) is 1. The number of hydrogen-bond donors (Lipinski definition) is 1. The van der Waals surface area contributed by atoms with Crippen molar-refractivity contribution in [3.63, 3.8) is 0 Å². The summed E-state index contributed by atoms with van der Waals surface area (Å²) in [4.78, 5) is 2.31. The Labute approximate surface area is 87.4 Å². The minimum atomic E-state index is 0.120. The van der Waals surface area contributed by atoms with Gasteiger partial charge in [-0.1, -0.05) is 6.92 Å². The van der Waals surface area contributed by atoms with Gasteiger partial charge in [0.15, 0.2) is 0 Å². The van der Waals surface area contributed by atoms with Gasteiger partial charge in [-0.05, 0) is 13.5 Å². The molecule has 0 aromatic carbocycles. The smallest absolute Gasteiger partial charge is 0.0820 e. The number of ether oxygens (including phenoxy) is 2. The van der Waals surface area contributed by atoms with Crippen LogP contribution in [0.5, 0.6) is 0 Å². The zero-order chi connectivity index (χ0) is 11.0. The topological polar surface area (TPSA) is 47.7 Å². The quantitative estimate of drug-likeness (QED) is 0.618. The third kappa shape index (κ3) is 4.91. The maximum absolute atomic E-state index is 5.58. The molecule has 4 nitrogen and oxygen atoms in total. The van der Waals surface area contributed by atoms with Gasteiger partial charge in [-0.25, -0.2) is 0 Å². The molecule has 2 N–H and O–H groups in total. The summed E-state index contributed by atoms with van der Waals surface area (Å²) in [6.45, 7) is 7.45. The molecule has 0 aromatic heterocycles. The molecular formula is C10H24N2O2. The summed E-state index contributed by atoms with van der Waals surface area (Å²) in [5, 5.41) is 0. The van der Waals surface area contributed by atoms with Gasteiger partial charge < -0.3 is 15.2 Å². The van der Waals surface area contributed by atoms with Crippen molar-refractivity contribution in [2.45, 2.75) is 26.0 Å². The fourth-order valence-electron chi connectivity index (χ4n) is 1.47. The van der Waals surface area contributed by atoms with E-state index in [0.29, 0.717) is 12.6 Å². The highest BCUT2D eigenvalue weighted by Crippen LogP contribution is 2.02. The SMILES string of the molecule is CCN(CC(CN)OC)C(C)COC. The van der Waals surface area contributed by atoms with E-state index in [2.05, 4.69) is 18.7 Å². The van der Waals surface area contributed by atoms with Crippen molar-refractivity contribution in [1.29, 1.82) is 0 Å². The summed E-state index contributed by atoms with van der Waals surface area (Å²) in [6.07, 6.45) is 0.120. The van der Waals surface area contributed by atoms with Gasteiger partial charge in [0.2, 0.25) is 0 Å². The van der Waals surface area contributed by atoms with Gasteiger partial charge in [-0.15, -0.1) is 0 Å². The summed E-state index contributed by atoms with van der Waals surface area (Å²) >= 11 is 0. The predicted octanol–water partition coefficient (Wildman–Crippen LogP) is 0.317. The Kier molecular flexibility index (Phi) is 8.08. The molecule has 0 spiro atoms. The van der Waals surface area contributed by atoms with Crippen molar-refractivity contribution in [3.8, 4) is 0 Å². The van der Waals surface area contributed by atoms with E-state index < -0.39 is 0 Å². The molecule has 2 atom stereocenters. The van der Waals surface area contributed by atoms with Crippen molar-refractivity contribution in [2.75, 3.05) is 40.5 Å². The highest BCUT2D eigenvalue weighted by Gasteiger charge is 2.16. The largest absolute Gasteiger partial charge is 0.383 e. The van der Waals surface area contributed by atoms with Crippen molar-refractivity contribution >= 4 is 0 Å². The molecule has 0 amide bonds. The van der Waals surface area contributed by atoms with Crippen LogP contribution >= 0.6 is 0 Å². The lowest BCUT2D eigenvalue weighted by atomic mass is 10.2. The summed E-state index contributed by atoms with van der Waals surface area (Å²) in [5.41, 5.74) is 5.58. The van der Waals surface area contributed by atoms with Crippen molar-refractivity contribution < 1.29 is 9.47 Å². The van der Waals surface area contributed by atoms with Crippen LogP contribution in [0.3, 0.4) is 0 Å². The second-order valence-electron chi connectivity index (χ2n) is 3.49. The summed E-state index contributed by atoms with van der Waals surface area (Å²) < 4.78 is 10.4. The highest BCUT2D eigenvalue weighted by molar-refractivity contribution is 4.70. The molecule has 0 aliphatic heterocycles. The zero-order valence-corrected chi connectivity index (χ0v) is 9.82. The zero-order valence-electron chi connectivity index (χ0n) is 9.82. The van der Waals surface area contributed by atoms with Gasteiger partial charge in [-0.3, -0.25) is 4.90 Å². The number of nitrogens with zero attached hydrogens (tertiary/aromatic N) is 1. The summed E-state index contributed by atoms with van der Waals surface area (Å²) in [5.74, 6) is 0. The molecule has 0 aromatic rings. The molecule has 0 radical (unpaired) electrons. The van der Waals surface area contributed by atoms with Gasteiger partial charge in [0.25, 0.3) is 0 Å². The third-order valence-electron chi connectivity index (χ3n) is 2.47. The molecule has 0 aliphatic rings. The first-order valence-corrected chi connectivity index (χ1v) is 5.15. The van der Waals surface area contributed by atoms with E-state index in [4.69, 9.17) is 15.2 Å². The second-order valence-corrected chi connectivity index (χ2v) is 3.49. The van der Waals surface area contributed by atoms with E-state index in [0.717, 1.165) is 19.7 Å². The van der Waals surface area contributed by atoms with Crippen LogP contribution in [-0.2, 0) is 9.47 Å². The van der Waals surface area contributed by atoms with Gasteiger partial charge >= 0.3 is 0 Å². The molecule has 86 valence electrons. The molecule has 0 saturated heterocycles. The van der Waals surface area contributed by atoms with Crippen LogP contribution in [0.25, 0.3) is 0 Å². The number of rotatable bonds is 8. The van der Waals surface area contributed by atoms with E-state index in [1.54, 1.807) is 14.2 Å². The van der Waals surface area contributed by atoms with E-state index in [9.17, 15) is 0 Å². The second kappa shape index (κ2) is 8.17. The molecule has 4 heteroatoms. The normalized spacial score (nSPS) is 15.9. The van der Waals surface area contributed by atoms with Crippen molar-refractivity contribution in [2.24, 2.45) is 5.73 Å². The van der Waals surface area contributed by atoms with Crippen LogP contribution < -0.4 is 5.73 Å². The van der Waals surface area contributed by atoms with Gasteiger partial charge in [0, 0.05) is 33.4 Å². The van der Waals surface area contributed by atoms with E-state index in [1.807, 2.05) is 0 Å². The molecule has 14 heavy (non-hydrogen) atoms. The van der Waals surface area contributed by atoms with Gasteiger partial charge in [0.1, 0.15) is 0 Å². The molecule has 0 aliphatic carbocycles. The van der Waals surface area contributed by atoms with E-state index >= 15 is 0 Å². The lowest BCUT2D eigenvalue weighted by molar-refractivity contribution is 0.0380. The lowest BCUT2D eigenvalue weighted by Crippen LogP contribution is -2.43. The average molecular weight is 204 g/mol. The van der Waals surface area contributed by atoms with E-state index in [1.165, 1.54) is 0 Å². The molecule has 0 fully saturated rings. The maximum Gasteiger partial charge on any atom is 0.0820 e. The standard InChI is InChI=1S/C10H24N2O2/c1-5-12(9(2)8-13-3)7-10(6-11)14-4/h9-10H,5-8,11H2,1-4H3. The first-order chi connectivity index (χ1) is 6.69. The molecule has 0 heterocycles. The monoisotopic (exact) mass is 204 g/mol. The fraction of sp³-hybridized carbons (Fsp3) is 1.00. The summed E-state index contributed by atoms with van der Waals surface area (Å²) in [7, 11) is 3.42. The molecular weight excluding hydrogens is 180 g/mol. The Hall–Kier alpha value is -0.160. The van der Waals surface area contributed by atoms with Crippen molar-refractivity contribution in [3.05, 3.63) is 0 Å². The maximum atomic E-state index is 5.58. The third-order valence-corrected chi connectivity index (χ3v) is 2.47. The van der Waals surface area contributed by atoms with Gasteiger partial charge in [0.05, 0.1) is 12.7 Å². The minimum Gasteiger partial charge on any atom is -0.383 e. The Bertz CT molecular complexity index is 129. The first-order valence-electron chi connectivity index (χ1n) is 5.15. The summed E-state index contributed by atoms with van der Waals surface area (Å²) in [6, 6.07) is 0.411. The first kappa shape index (κ1) is 13.8. The molecule has 2 unspecified atom stereocenters. The van der Waals surface area contributed by atoms with Crippen LogP contribution in [0.4, 0.5) is 0 Å². The highest BCUT2D eigenvalue weighted by atomic mass is 16.5. The number of hydrogen-bond acceptors (Lipinski definition) is 4. The number of methoxy groups -OCH3 is 2. The Morgan fingerprint density at radius 1 is 1.36 bits per heavy atom. The van der Waals surface area contributed by atoms with Gasteiger partial charge in [-0.2, -0.15) is 0 Å². The lowest BCUT2D eigenvalue weighted by Gasteiger charge is -2.30. The molecule has 0 bridgehead atoms. The Balaban J connectivity index is 3.98. The van der Waals surface area contributed by atoms with Crippen LogP contribution in [-0.4, -0.2) is 57.5 Å². The van der Waals surface area contributed by atoms with Crippen LogP contribution in [0, 0.1) is 0 Å². The predicted molar refractivity (Wildman–Crippen MR) is 58.4 cm³/mol. The van der Waals surface area contributed by atoms with Crippen LogP contribution in [0.1, 0.15) is 13.8 Å². The van der Waals surface area contributed by atoms with Crippen molar-refractivity contribution in [1.82, 2.24) is 4.90 Å². The molecule has 0 saturated carbocycles. The van der Waals surface area contributed by atoms with Crippen LogP contribution in [0.2, 0.25) is 0 Å². The Morgan fingerprint density at radius 3 is 2.36 bits per heavy atom.